The summed E-state index contributed by atoms with van der Waals surface area (Å²) in [7, 11) is 0. The van der Waals surface area contributed by atoms with Crippen LogP contribution in [0.1, 0.15) is 219 Å². The van der Waals surface area contributed by atoms with E-state index in [0.29, 0.717) is 47.1 Å². The lowest BCUT2D eigenvalue weighted by Crippen LogP contribution is -2.28. The van der Waals surface area contributed by atoms with Crippen LogP contribution in [0.2, 0.25) is 0 Å². The maximum atomic E-state index is 12.6. The van der Waals surface area contributed by atoms with E-state index in [0.717, 1.165) is 90.0 Å². The first kappa shape index (κ1) is 110. The molecular weight excluding hydrogens is 2060 g/mol. The van der Waals surface area contributed by atoms with Gasteiger partial charge in [-0.05, 0) is 239 Å². The molecule has 0 amide bonds. The Labute approximate surface area is 872 Å². The van der Waals surface area contributed by atoms with Crippen LogP contribution in [0.4, 0.5) is 0 Å². The first-order chi connectivity index (χ1) is 68.1. The molecule has 5 heterocycles. The molecule has 144 heavy (non-hydrogen) atoms. The number of carbonyl (C=O) groups excluding carboxylic acids is 5. The van der Waals surface area contributed by atoms with Crippen LogP contribution in [0.5, 0.6) is 0 Å². The van der Waals surface area contributed by atoms with E-state index in [4.69, 9.17) is 25.5 Å². The van der Waals surface area contributed by atoms with Gasteiger partial charge in [0.1, 0.15) is 46.4 Å². The van der Waals surface area contributed by atoms with Crippen LogP contribution in [-0.2, 0) is 54.4 Å². The summed E-state index contributed by atoms with van der Waals surface area (Å²) in [4.78, 5) is 117. The minimum atomic E-state index is -0.981. The van der Waals surface area contributed by atoms with Crippen LogP contribution in [0.3, 0.4) is 0 Å². The maximum Gasteiger partial charge on any atom is 0.303 e. The summed E-state index contributed by atoms with van der Waals surface area (Å²) in [5.74, 6) is -2.30. The molecule has 0 saturated heterocycles. The Morgan fingerprint density at radius 2 is 0.590 bits per heavy atom. The van der Waals surface area contributed by atoms with E-state index in [9.17, 15) is 47.9 Å². The van der Waals surface area contributed by atoms with Crippen molar-refractivity contribution in [1.29, 1.82) is 0 Å². The van der Waals surface area contributed by atoms with Crippen LogP contribution >= 0.6 is 90.7 Å². The molecule has 0 radical (unpaired) electrons. The lowest BCUT2D eigenvalue weighted by Gasteiger charge is -2.22. The molecule has 5 N–H and O–H groups in total. The van der Waals surface area contributed by atoms with Gasteiger partial charge in [0.2, 0.25) is 9.47 Å². The predicted molar refractivity (Wildman–Crippen MR) is 573 cm³/mol. The molecule has 0 bridgehead atoms. The number of aryl methyl sites for hydroxylation is 5. The number of thioether (sulfide) groups is 5. The molecule has 16 rings (SSSR count). The Kier molecular flexibility index (Phi) is 36.5. The molecule has 1 aliphatic carbocycles. The van der Waals surface area contributed by atoms with E-state index >= 15 is 0 Å². The number of carboxylic acid groups (broad SMARTS) is 5. The molecule has 10 aromatic carbocycles. The average molecular weight is 2170 g/mol. The fourth-order valence-electron chi connectivity index (χ4n) is 16.3. The zero-order valence-electron chi connectivity index (χ0n) is 83.1. The Morgan fingerprint density at radius 3 is 0.958 bits per heavy atom. The summed E-state index contributed by atoms with van der Waals surface area (Å²) >= 11 is 13.5. The van der Waals surface area contributed by atoms with Crippen molar-refractivity contribution in [2.24, 2.45) is 0 Å². The number of hydrogen-bond donors (Lipinski definition) is 5. The average Bonchev–Trinajstić information content (AvgIpc) is 1.62. The molecule has 1 fully saturated rings. The third-order valence-electron chi connectivity index (χ3n) is 24.5. The zero-order chi connectivity index (χ0) is 105. The van der Waals surface area contributed by atoms with Crippen LogP contribution in [0.15, 0.2) is 223 Å². The van der Waals surface area contributed by atoms with E-state index in [1.807, 2.05) is 135 Å². The van der Waals surface area contributed by atoms with Crippen LogP contribution < -0.4 is 0 Å². The molecule has 0 unspecified atom stereocenters. The number of nitrogens with zero attached hydrogens (tertiary/aromatic N) is 15. The van der Waals surface area contributed by atoms with Gasteiger partial charge in [0.25, 0.3) is 0 Å². The number of benzene rings is 10. The standard InChI is InChI=1S/C23H27N3O3S.C22H22BrN3O3S.C22H25N3O3S.C21H23N3O3S.C19H18BrN3O3S/c1-14(2)16-10-11-19(18-9-7-6-8-17(16)18)26-15(3)24-25-22(26)30-23(4,5)20(27)12-13-21(28)29;1-22(2,18(27)11-12-19(28)29)30-21-25-24-20(23)26(21)17-10-9-14(13-7-8-13)15-5-3-4-6-16(15)17;1-5-15-10-11-18(17-9-7-6-8-16(15)17)25-14(2)23-24-21(25)29-22(3,4)19(26)12-13-20(27)28;1-13-9-10-17(16-8-6-5-7-15(13)16)24-14(2)22-23-20(24)28-21(3,4)18(25)11-12-19(26)27;1-19(2,15(24)10-11-16(25)26)27-18-22-21-17(20)23(18)14-9-5-7-12-6-3-4-8-13(12)14/h6-11,14H,12-13H2,1-5H3,(H,28,29);3-6,9-10,13H,7-8,11-12H2,1-2H3,(H,28,29);6-11H,5,12-13H2,1-4H3,(H,27,28);5-10H,11-12H2,1-4H3,(H,26,27);3-9H,10-11H2,1-2H3,(H,25,26). The second-order valence-electron chi connectivity index (χ2n) is 37.4. The van der Waals surface area contributed by atoms with Crippen molar-refractivity contribution in [2.75, 3.05) is 0 Å². The Bertz CT molecular complexity index is 7210. The maximum absolute atomic E-state index is 12.6. The predicted octanol–water partition coefficient (Wildman–Crippen LogP) is 23.9. The summed E-state index contributed by atoms with van der Waals surface area (Å²) in [6.45, 7) is 32.2. The van der Waals surface area contributed by atoms with Gasteiger partial charge in [-0.15, -0.1) is 51.0 Å². The molecule has 37 heteroatoms. The first-order valence-corrected chi connectivity index (χ1v) is 52.5. The Balaban J connectivity index is 0.000000161. The van der Waals surface area contributed by atoms with Crippen LogP contribution in [0, 0.1) is 27.7 Å². The van der Waals surface area contributed by atoms with Gasteiger partial charge >= 0.3 is 29.8 Å². The normalized spacial score (nSPS) is 12.3. The lowest BCUT2D eigenvalue weighted by atomic mass is 9.95. The topological polar surface area (TPSA) is 425 Å². The van der Waals surface area contributed by atoms with Gasteiger partial charge in [-0.3, -0.25) is 70.8 Å². The van der Waals surface area contributed by atoms with Crippen molar-refractivity contribution in [3.63, 3.8) is 0 Å². The van der Waals surface area contributed by atoms with E-state index < -0.39 is 53.6 Å². The summed E-state index contributed by atoms with van der Waals surface area (Å²) in [5, 5.41) is 101. The number of aromatic nitrogens is 15. The number of aliphatic carboxylic acids is 5. The van der Waals surface area contributed by atoms with Crippen molar-refractivity contribution in [2.45, 2.75) is 263 Å². The summed E-state index contributed by atoms with van der Waals surface area (Å²) in [6.07, 6.45) is 2.50. The first-order valence-electron chi connectivity index (χ1n) is 46.8. The molecule has 0 atom stereocenters. The number of fused-ring (bicyclic) bond motifs is 5. The highest BCUT2D eigenvalue weighted by molar-refractivity contribution is 9.10. The molecule has 752 valence electrons. The molecule has 1 saturated carbocycles. The second kappa shape index (κ2) is 47.6. The van der Waals surface area contributed by atoms with Gasteiger partial charge < -0.3 is 25.5 Å². The van der Waals surface area contributed by atoms with E-state index in [1.54, 1.807) is 69.2 Å². The minimum absolute atomic E-state index is 0.00339. The molecule has 30 nitrogen and oxygen atoms in total. The Morgan fingerprint density at radius 1 is 0.312 bits per heavy atom. The number of carboxylic acids is 5. The number of Topliss-reactive ketones (excluding diaryl/α,β-unsaturated/α-hetero) is 5. The summed E-state index contributed by atoms with van der Waals surface area (Å²) < 4.78 is 6.67. The fraction of sp³-hybridized carbons (Fsp3) is 0.346. The van der Waals surface area contributed by atoms with E-state index in [-0.39, 0.29) is 93.1 Å². The number of rotatable bonds is 38. The van der Waals surface area contributed by atoms with Crippen LogP contribution in [0.25, 0.3) is 82.3 Å². The van der Waals surface area contributed by atoms with Gasteiger partial charge in [0, 0.05) is 59.0 Å². The number of halogens is 2. The lowest BCUT2D eigenvalue weighted by molar-refractivity contribution is -0.139. The third kappa shape index (κ3) is 26.8. The van der Waals surface area contributed by atoms with Gasteiger partial charge in [-0.1, -0.05) is 237 Å². The fourth-order valence-corrected chi connectivity index (χ4v) is 22.7. The van der Waals surface area contributed by atoms with Crippen molar-refractivity contribution in [3.05, 3.63) is 237 Å². The molecule has 1 aliphatic rings. The largest absolute Gasteiger partial charge is 0.481 e. The van der Waals surface area contributed by atoms with Gasteiger partial charge in [0.05, 0.1) is 84.3 Å². The van der Waals surface area contributed by atoms with Gasteiger partial charge in [0.15, 0.2) is 25.8 Å². The highest BCUT2D eigenvalue weighted by Gasteiger charge is 2.39. The van der Waals surface area contributed by atoms with Gasteiger partial charge in [-0.2, -0.15) is 0 Å². The number of hydrogen-bond acceptors (Lipinski definition) is 25. The summed E-state index contributed by atoms with van der Waals surface area (Å²) in [6, 6.07) is 63.7. The quantitative estimate of drug-likeness (QED) is 0.0224. The molecular formula is C107H115Br2N15O15S5. The monoisotopic (exact) mass is 2170 g/mol. The number of carbonyl (C=O) groups is 10. The minimum Gasteiger partial charge on any atom is -0.481 e. The third-order valence-corrected chi connectivity index (χ3v) is 31.4. The van der Waals surface area contributed by atoms with E-state index in [2.05, 4.69) is 208 Å². The van der Waals surface area contributed by atoms with Crippen LogP contribution in [-0.4, -0.2) is 182 Å². The molecule has 0 spiro atoms. The van der Waals surface area contributed by atoms with Gasteiger partial charge in [-0.25, -0.2) is 0 Å². The molecule has 15 aromatic rings. The highest BCUT2D eigenvalue weighted by atomic mass is 79.9. The second-order valence-corrected chi connectivity index (χ2v) is 46.7. The van der Waals surface area contributed by atoms with Crippen molar-refractivity contribution in [1.82, 2.24) is 73.8 Å². The summed E-state index contributed by atoms with van der Waals surface area (Å²) in [5.41, 5.74) is 9.85. The molecule has 0 aliphatic heterocycles. The highest BCUT2D eigenvalue weighted by Crippen LogP contribution is 2.48. The number of ketones is 5. The van der Waals surface area contributed by atoms with Crippen molar-refractivity contribution < 1.29 is 73.5 Å². The smallest absolute Gasteiger partial charge is 0.303 e. The van der Waals surface area contributed by atoms with Crippen molar-refractivity contribution in [3.8, 4) is 28.4 Å². The SMILES string of the molecule is CC(C)(Sc1nnc(Br)n1-c1ccc(C2CC2)c2ccccc12)C(=O)CCC(=O)O.CC(C)(Sc1nnc(Br)n1-c1cccc2ccccc12)C(=O)CCC(=O)O.CCc1ccc(-n2c(C)nnc2SC(C)(C)C(=O)CCC(=O)O)c2ccccc12.Cc1ccc(-n2c(C)nnc2SC(C)(C)C(=O)CCC(=O)O)c2ccccc12.Cc1nnc(SC(C)(C)C(=O)CCC(=O)O)n1-c1ccc(C(C)C)c2ccccc12. The van der Waals surface area contributed by atoms with E-state index in [1.165, 1.54) is 110 Å². The van der Waals surface area contributed by atoms with Crippen molar-refractivity contribution >= 4 is 203 Å². The zero-order valence-corrected chi connectivity index (χ0v) is 90.3. The Hall–Kier alpha value is -12.4. The molecule has 5 aromatic heterocycles.